The van der Waals surface area contributed by atoms with E-state index in [1.165, 1.54) is 0 Å². The van der Waals surface area contributed by atoms with Gasteiger partial charge in [-0.15, -0.1) is 0 Å². The summed E-state index contributed by atoms with van der Waals surface area (Å²) in [6, 6.07) is 7.85. The van der Waals surface area contributed by atoms with E-state index in [0.29, 0.717) is 25.3 Å². The van der Waals surface area contributed by atoms with Crippen molar-refractivity contribution in [1.82, 2.24) is 9.88 Å². The van der Waals surface area contributed by atoms with Crippen LogP contribution < -0.4 is 10.1 Å². The maximum atomic E-state index is 11.9. The number of carbonyl (C=O) groups is 1. The lowest BCUT2D eigenvalue weighted by Crippen LogP contribution is -2.19. The number of aromatic carboxylic acids is 1. The number of nitrogens with zero attached hydrogens (tertiary/aromatic N) is 1. The van der Waals surface area contributed by atoms with Crippen molar-refractivity contribution in [3.63, 3.8) is 0 Å². The van der Waals surface area contributed by atoms with Crippen LogP contribution in [0.15, 0.2) is 24.3 Å². The highest BCUT2D eigenvalue weighted by molar-refractivity contribution is 5.91. The van der Waals surface area contributed by atoms with Crippen molar-refractivity contribution in [2.75, 3.05) is 20.3 Å². The first-order valence-corrected chi connectivity index (χ1v) is 9.72. The largest absolute Gasteiger partial charge is 0.497 e. The molecule has 2 aromatic rings. The summed E-state index contributed by atoms with van der Waals surface area (Å²) in [5.74, 6) is -0.0729. The van der Waals surface area contributed by atoms with Gasteiger partial charge >= 0.3 is 5.97 Å². The Balaban J connectivity index is 2.12. The molecule has 0 amide bonds. The zero-order valence-corrected chi connectivity index (χ0v) is 17.5. The van der Waals surface area contributed by atoms with E-state index in [2.05, 4.69) is 9.88 Å². The average molecular weight is 389 g/mol. The van der Waals surface area contributed by atoms with Crippen molar-refractivity contribution in [3.05, 3.63) is 52.3 Å². The van der Waals surface area contributed by atoms with Gasteiger partial charge in [0.25, 0.3) is 0 Å². The monoisotopic (exact) mass is 388 g/mol. The maximum Gasteiger partial charge on any atom is 0.337 e. The maximum absolute atomic E-state index is 11.9. The Morgan fingerprint density at radius 2 is 1.86 bits per heavy atom. The Hall–Kier alpha value is -2.31. The Bertz CT molecular complexity index is 779. The number of aromatic nitrogens is 1. The minimum absolute atomic E-state index is 0.232. The molecule has 2 rings (SSSR count). The van der Waals surface area contributed by atoms with Gasteiger partial charge in [0.15, 0.2) is 0 Å². The van der Waals surface area contributed by atoms with Gasteiger partial charge in [-0.3, -0.25) is 0 Å². The molecule has 0 unspecified atom stereocenters. The molecule has 6 nitrogen and oxygen atoms in total. The van der Waals surface area contributed by atoms with Crippen LogP contribution in [0, 0.1) is 13.8 Å². The van der Waals surface area contributed by atoms with E-state index in [4.69, 9.17) is 9.47 Å². The second-order valence-electron chi connectivity index (χ2n) is 7.21. The molecule has 0 aliphatic heterocycles. The van der Waals surface area contributed by atoms with Gasteiger partial charge in [-0.1, -0.05) is 12.1 Å². The number of hydrogen-bond donors (Lipinski definition) is 2. The van der Waals surface area contributed by atoms with Crippen LogP contribution in [0.2, 0.25) is 0 Å². The number of ether oxygens (including phenoxy) is 2. The molecule has 1 aromatic carbocycles. The Labute approximate surface area is 167 Å². The fraction of sp³-hybridized carbons (Fsp3) is 0.500. The van der Waals surface area contributed by atoms with Crippen molar-refractivity contribution in [2.24, 2.45) is 0 Å². The zero-order chi connectivity index (χ0) is 20.7. The molecule has 1 heterocycles. The summed E-state index contributed by atoms with van der Waals surface area (Å²) in [7, 11) is 1.64. The van der Waals surface area contributed by atoms with Crippen molar-refractivity contribution >= 4 is 5.97 Å². The molecular formula is C22H32N2O4. The number of benzene rings is 1. The molecular weight excluding hydrogens is 356 g/mol. The summed E-state index contributed by atoms with van der Waals surface area (Å²) in [6.45, 7) is 10.5. The predicted octanol–water partition coefficient (Wildman–Crippen LogP) is 3.76. The summed E-state index contributed by atoms with van der Waals surface area (Å²) in [6.07, 6.45) is 1.13. The number of hydrogen-bond acceptors (Lipinski definition) is 4. The van der Waals surface area contributed by atoms with Crippen LogP contribution in [0.1, 0.15) is 53.1 Å². The summed E-state index contributed by atoms with van der Waals surface area (Å²) < 4.78 is 12.8. The number of carboxylic acid groups (broad SMARTS) is 1. The molecule has 0 saturated heterocycles. The topological polar surface area (TPSA) is 72.7 Å². The van der Waals surface area contributed by atoms with Crippen molar-refractivity contribution in [3.8, 4) is 5.75 Å². The molecule has 0 spiro atoms. The van der Waals surface area contributed by atoms with E-state index in [-0.39, 0.29) is 6.10 Å². The molecule has 0 fully saturated rings. The summed E-state index contributed by atoms with van der Waals surface area (Å²) in [5, 5.41) is 13.1. The standard InChI is InChI=1S/C22H32N2O4/c1-15(2)28-12-6-11-23-13-20-16(3)24(17(4)21(20)22(25)26)14-18-7-9-19(27-5)10-8-18/h7-10,15,23H,6,11-14H2,1-5H3,(H,25,26). The van der Waals surface area contributed by atoms with E-state index in [1.807, 2.05) is 52.0 Å². The first kappa shape index (κ1) is 22.0. The second kappa shape index (κ2) is 10.3. The third-order valence-corrected chi connectivity index (χ3v) is 4.87. The molecule has 0 radical (unpaired) electrons. The summed E-state index contributed by atoms with van der Waals surface area (Å²) in [5.41, 5.74) is 4.11. The van der Waals surface area contributed by atoms with Crippen LogP contribution in [-0.2, 0) is 17.8 Å². The predicted molar refractivity (Wildman–Crippen MR) is 110 cm³/mol. The highest BCUT2D eigenvalue weighted by atomic mass is 16.5. The lowest BCUT2D eigenvalue weighted by Gasteiger charge is -2.11. The SMILES string of the molecule is COc1ccc(Cn2c(C)c(CNCCCOC(C)C)c(C(=O)O)c2C)cc1. The van der Waals surface area contributed by atoms with Crippen LogP contribution in [0.4, 0.5) is 0 Å². The summed E-state index contributed by atoms with van der Waals surface area (Å²) in [4.78, 5) is 11.9. The van der Waals surface area contributed by atoms with Gasteiger partial charge in [0.2, 0.25) is 0 Å². The minimum atomic E-state index is -0.881. The molecule has 2 N–H and O–H groups in total. The van der Waals surface area contributed by atoms with Gasteiger partial charge in [0.05, 0.1) is 18.8 Å². The van der Waals surface area contributed by atoms with Gasteiger partial charge in [0.1, 0.15) is 5.75 Å². The van der Waals surface area contributed by atoms with E-state index in [0.717, 1.165) is 41.2 Å². The third-order valence-electron chi connectivity index (χ3n) is 4.87. The fourth-order valence-corrected chi connectivity index (χ4v) is 3.33. The molecule has 1 aromatic heterocycles. The number of rotatable bonds is 11. The third kappa shape index (κ3) is 5.59. The molecule has 0 aliphatic rings. The number of methoxy groups -OCH3 is 1. The second-order valence-corrected chi connectivity index (χ2v) is 7.21. The fourth-order valence-electron chi connectivity index (χ4n) is 3.33. The Morgan fingerprint density at radius 3 is 2.43 bits per heavy atom. The summed E-state index contributed by atoms with van der Waals surface area (Å²) >= 11 is 0. The normalized spacial score (nSPS) is 11.2. The Kier molecular flexibility index (Phi) is 8.08. The van der Waals surface area contributed by atoms with Crippen molar-refractivity contribution < 1.29 is 19.4 Å². The van der Waals surface area contributed by atoms with Gasteiger partial charge < -0.3 is 24.5 Å². The minimum Gasteiger partial charge on any atom is -0.497 e. The van der Waals surface area contributed by atoms with Crippen LogP contribution in [0.5, 0.6) is 5.75 Å². The number of nitrogens with one attached hydrogen (secondary N) is 1. The van der Waals surface area contributed by atoms with Crippen molar-refractivity contribution in [2.45, 2.75) is 53.3 Å². The molecule has 0 aliphatic carbocycles. The van der Waals surface area contributed by atoms with Crippen LogP contribution in [-0.4, -0.2) is 42.0 Å². The van der Waals surface area contributed by atoms with E-state index >= 15 is 0 Å². The lowest BCUT2D eigenvalue weighted by atomic mass is 10.1. The van der Waals surface area contributed by atoms with E-state index < -0.39 is 5.97 Å². The highest BCUT2D eigenvalue weighted by Gasteiger charge is 2.22. The molecule has 0 atom stereocenters. The first-order valence-electron chi connectivity index (χ1n) is 9.72. The van der Waals surface area contributed by atoms with Crippen LogP contribution in [0.25, 0.3) is 0 Å². The van der Waals surface area contributed by atoms with E-state index in [1.54, 1.807) is 7.11 Å². The molecule has 154 valence electrons. The molecule has 28 heavy (non-hydrogen) atoms. The highest BCUT2D eigenvalue weighted by Crippen LogP contribution is 2.24. The van der Waals surface area contributed by atoms with Crippen LogP contribution in [0.3, 0.4) is 0 Å². The van der Waals surface area contributed by atoms with Gasteiger partial charge in [-0.2, -0.15) is 0 Å². The zero-order valence-electron chi connectivity index (χ0n) is 17.5. The van der Waals surface area contributed by atoms with Gasteiger partial charge in [0, 0.05) is 36.6 Å². The first-order chi connectivity index (χ1) is 13.3. The quantitative estimate of drug-likeness (QED) is 0.574. The van der Waals surface area contributed by atoms with E-state index in [9.17, 15) is 9.90 Å². The van der Waals surface area contributed by atoms with Gasteiger partial charge in [-0.05, 0) is 58.4 Å². The lowest BCUT2D eigenvalue weighted by molar-refractivity contribution is 0.0693. The smallest absolute Gasteiger partial charge is 0.337 e. The average Bonchev–Trinajstić information content (AvgIpc) is 2.89. The van der Waals surface area contributed by atoms with Gasteiger partial charge in [-0.25, -0.2) is 4.79 Å². The van der Waals surface area contributed by atoms with Crippen LogP contribution >= 0.6 is 0 Å². The number of carboxylic acids is 1. The molecule has 0 bridgehead atoms. The molecule has 6 heteroatoms. The Morgan fingerprint density at radius 1 is 1.18 bits per heavy atom. The molecule has 0 saturated carbocycles. The van der Waals surface area contributed by atoms with Crippen molar-refractivity contribution in [1.29, 1.82) is 0 Å².